The quantitative estimate of drug-likeness (QED) is 0.782. The molecule has 0 aromatic heterocycles. The first-order chi connectivity index (χ1) is 11.1. The number of hydrogen-bond donors (Lipinski definition) is 0. The zero-order valence-electron chi connectivity index (χ0n) is 14.4. The maximum atomic E-state index is 5.71. The number of hydrogen-bond acceptors (Lipinski definition) is 3. The molecule has 2 bridgehead atoms. The van der Waals surface area contributed by atoms with Gasteiger partial charge in [0.15, 0.2) is 0 Å². The van der Waals surface area contributed by atoms with Crippen LogP contribution in [0.5, 0.6) is 5.75 Å². The van der Waals surface area contributed by atoms with Crippen molar-refractivity contribution in [2.24, 2.45) is 5.92 Å². The molecule has 1 aromatic rings. The van der Waals surface area contributed by atoms with E-state index in [4.69, 9.17) is 9.47 Å². The SMILES string of the molecule is COC1=C[C@]23CCN(C)[C@H](Cc4ccc(OC)cc42)C3=CC1C. The second-order valence-electron chi connectivity index (χ2n) is 7.11. The van der Waals surface area contributed by atoms with Crippen LogP contribution >= 0.6 is 0 Å². The summed E-state index contributed by atoms with van der Waals surface area (Å²) < 4.78 is 11.2. The van der Waals surface area contributed by atoms with Gasteiger partial charge in [0.05, 0.1) is 20.0 Å². The maximum absolute atomic E-state index is 5.71. The van der Waals surface area contributed by atoms with Crippen LogP contribution in [0, 0.1) is 5.92 Å². The average Bonchev–Trinajstić information content (AvgIpc) is 2.57. The second kappa shape index (κ2) is 5.13. The third-order valence-electron chi connectivity index (χ3n) is 5.98. The van der Waals surface area contributed by atoms with Crippen molar-refractivity contribution in [1.82, 2.24) is 4.90 Å². The van der Waals surface area contributed by atoms with Crippen LogP contribution < -0.4 is 4.74 Å². The molecule has 1 aromatic carbocycles. The minimum Gasteiger partial charge on any atom is -0.501 e. The van der Waals surface area contributed by atoms with E-state index in [0.29, 0.717) is 12.0 Å². The fraction of sp³-hybridized carbons (Fsp3) is 0.500. The van der Waals surface area contributed by atoms with E-state index < -0.39 is 0 Å². The second-order valence-corrected chi connectivity index (χ2v) is 7.11. The van der Waals surface area contributed by atoms with Crippen LogP contribution in [0.1, 0.15) is 24.5 Å². The third-order valence-corrected chi connectivity index (χ3v) is 5.98. The van der Waals surface area contributed by atoms with E-state index in [1.165, 1.54) is 11.1 Å². The van der Waals surface area contributed by atoms with Gasteiger partial charge < -0.3 is 9.47 Å². The Balaban J connectivity index is 1.96. The van der Waals surface area contributed by atoms with Crippen LogP contribution in [0.4, 0.5) is 0 Å². The Morgan fingerprint density at radius 1 is 1.22 bits per heavy atom. The smallest absolute Gasteiger partial charge is 0.119 e. The van der Waals surface area contributed by atoms with Crippen LogP contribution in [0.3, 0.4) is 0 Å². The average molecular weight is 311 g/mol. The molecule has 1 unspecified atom stereocenters. The topological polar surface area (TPSA) is 21.7 Å². The van der Waals surface area contributed by atoms with Gasteiger partial charge in [-0.1, -0.05) is 19.1 Å². The van der Waals surface area contributed by atoms with E-state index in [1.807, 2.05) is 0 Å². The van der Waals surface area contributed by atoms with Crippen molar-refractivity contribution in [2.45, 2.75) is 31.2 Å². The highest BCUT2D eigenvalue weighted by Gasteiger charge is 2.49. The Kier molecular flexibility index (Phi) is 3.31. The molecule has 0 amide bonds. The van der Waals surface area contributed by atoms with Gasteiger partial charge in [0.25, 0.3) is 0 Å². The molecule has 1 fully saturated rings. The summed E-state index contributed by atoms with van der Waals surface area (Å²) in [5, 5.41) is 0. The summed E-state index contributed by atoms with van der Waals surface area (Å²) in [5.41, 5.74) is 4.40. The number of allylic oxidation sites excluding steroid dienone is 2. The first-order valence-corrected chi connectivity index (χ1v) is 8.45. The number of likely N-dealkylation sites (N-methyl/N-ethyl adjacent to an activating group) is 1. The lowest BCUT2D eigenvalue weighted by molar-refractivity contribution is 0.173. The molecule has 4 rings (SSSR count). The van der Waals surface area contributed by atoms with Gasteiger partial charge in [-0.25, -0.2) is 0 Å². The highest BCUT2D eigenvalue weighted by Crippen LogP contribution is 2.53. The summed E-state index contributed by atoms with van der Waals surface area (Å²) in [5.74, 6) is 2.39. The predicted octanol–water partition coefficient (Wildman–Crippen LogP) is 3.30. The number of likely N-dealkylation sites (tertiary alicyclic amines) is 1. The van der Waals surface area contributed by atoms with Crippen LogP contribution in [0.15, 0.2) is 41.7 Å². The van der Waals surface area contributed by atoms with Crippen molar-refractivity contribution < 1.29 is 9.47 Å². The van der Waals surface area contributed by atoms with Gasteiger partial charge in [-0.05, 0) is 61.3 Å². The molecule has 122 valence electrons. The molecule has 23 heavy (non-hydrogen) atoms. The van der Waals surface area contributed by atoms with Crippen molar-refractivity contribution in [3.8, 4) is 5.75 Å². The largest absolute Gasteiger partial charge is 0.501 e. The van der Waals surface area contributed by atoms with Gasteiger partial charge in [-0.15, -0.1) is 0 Å². The minimum atomic E-state index is -0.0167. The first-order valence-electron chi connectivity index (χ1n) is 8.45. The molecular weight excluding hydrogens is 286 g/mol. The van der Waals surface area contributed by atoms with Crippen LogP contribution in [-0.2, 0) is 16.6 Å². The number of piperidine rings is 1. The fourth-order valence-electron chi connectivity index (χ4n) is 4.69. The van der Waals surface area contributed by atoms with Crippen LogP contribution in [0.25, 0.3) is 0 Å². The molecule has 1 saturated heterocycles. The number of nitrogens with zero attached hydrogens (tertiary/aromatic N) is 1. The number of fused-ring (bicyclic) bond motifs is 1. The van der Waals surface area contributed by atoms with E-state index in [1.54, 1.807) is 19.8 Å². The Hall–Kier alpha value is -1.74. The molecule has 3 nitrogen and oxygen atoms in total. The van der Waals surface area contributed by atoms with Crippen molar-refractivity contribution in [1.29, 1.82) is 0 Å². The lowest BCUT2D eigenvalue weighted by atomic mass is 9.58. The van der Waals surface area contributed by atoms with Gasteiger partial charge in [0.1, 0.15) is 5.75 Å². The van der Waals surface area contributed by atoms with Crippen molar-refractivity contribution in [3.05, 3.63) is 52.8 Å². The Morgan fingerprint density at radius 3 is 2.78 bits per heavy atom. The van der Waals surface area contributed by atoms with Crippen molar-refractivity contribution in [2.75, 3.05) is 27.8 Å². The Morgan fingerprint density at radius 2 is 2.04 bits per heavy atom. The van der Waals surface area contributed by atoms with E-state index in [2.05, 4.69) is 49.2 Å². The number of methoxy groups -OCH3 is 2. The predicted molar refractivity (Wildman–Crippen MR) is 91.8 cm³/mol. The van der Waals surface area contributed by atoms with Crippen molar-refractivity contribution in [3.63, 3.8) is 0 Å². The van der Waals surface area contributed by atoms with Crippen LogP contribution in [0.2, 0.25) is 0 Å². The third kappa shape index (κ3) is 1.99. The standard InChI is InChI=1S/C20H25NO2/c1-13-9-17-18-10-14-5-6-15(22-3)11-16(14)20(17,7-8-21(18)2)12-19(13)23-4/h5-6,9,11-13,18H,7-8,10H2,1-4H3/t13?,18-,20-/m1/s1. The summed E-state index contributed by atoms with van der Waals surface area (Å²) in [6, 6.07) is 7.08. The molecule has 1 aliphatic heterocycles. The summed E-state index contributed by atoms with van der Waals surface area (Å²) in [4.78, 5) is 2.51. The molecule has 0 spiro atoms. The molecule has 0 radical (unpaired) electrons. The summed E-state index contributed by atoms with van der Waals surface area (Å²) in [7, 11) is 5.79. The normalized spacial score (nSPS) is 32.3. The zero-order valence-corrected chi connectivity index (χ0v) is 14.4. The molecule has 3 atom stereocenters. The fourth-order valence-corrected chi connectivity index (χ4v) is 4.69. The molecular formula is C20H25NO2. The van der Waals surface area contributed by atoms with E-state index in [-0.39, 0.29) is 5.41 Å². The lowest BCUT2D eigenvalue weighted by Gasteiger charge is -2.53. The van der Waals surface area contributed by atoms with Gasteiger partial charge in [-0.3, -0.25) is 4.90 Å². The number of ether oxygens (including phenoxy) is 2. The summed E-state index contributed by atoms with van der Waals surface area (Å²) in [6.45, 7) is 3.34. The monoisotopic (exact) mass is 311 g/mol. The highest BCUT2D eigenvalue weighted by atomic mass is 16.5. The molecule has 0 N–H and O–H groups in total. The van der Waals surface area contributed by atoms with E-state index in [9.17, 15) is 0 Å². The minimum absolute atomic E-state index is 0.0167. The molecule has 1 heterocycles. The summed E-state index contributed by atoms with van der Waals surface area (Å²) >= 11 is 0. The van der Waals surface area contributed by atoms with Gasteiger partial charge in [0.2, 0.25) is 0 Å². The molecule has 3 heteroatoms. The molecule has 3 aliphatic rings. The van der Waals surface area contributed by atoms with E-state index in [0.717, 1.165) is 30.9 Å². The molecule has 2 aliphatic carbocycles. The maximum Gasteiger partial charge on any atom is 0.119 e. The van der Waals surface area contributed by atoms with Crippen molar-refractivity contribution >= 4 is 0 Å². The lowest BCUT2D eigenvalue weighted by Crippen LogP contribution is -2.54. The zero-order chi connectivity index (χ0) is 16.2. The number of benzene rings is 1. The summed E-state index contributed by atoms with van der Waals surface area (Å²) in [6.07, 6.45) is 7.03. The number of rotatable bonds is 2. The Labute approximate surface area is 138 Å². The first kappa shape index (κ1) is 14.8. The van der Waals surface area contributed by atoms with Gasteiger partial charge >= 0.3 is 0 Å². The van der Waals surface area contributed by atoms with Gasteiger partial charge in [0, 0.05) is 17.4 Å². The Bertz CT molecular complexity index is 706. The van der Waals surface area contributed by atoms with Crippen LogP contribution in [-0.4, -0.2) is 38.8 Å². The molecule has 0 saturated carbocycles. The van der Waals surface area contributed by atoms with Gasteiger partial charge in [-0.2, -0.15) is 0 Å². The highest BCUT2D eigenvalue weighted by molar-refractivity contribution is 5.58. The van der Waals surface area contributed by atoms with E-state index >= 15 is 0 Å².